The average Bonchev–Trinajstić information content (AvgIpc) is 2.87. The summed E-state index contributed by atoms with van der Waals surface area (Å²) in [5.74, 6) is -13.0. The minimum atomic E-state index is -6.30. The van der Waals surface area contributed by atoms with Crippen LogP contribution in [0.3, 0.4) is 0 Å². The maximum absolute atomic E-state index is 13.8. The van der Waals surface area contributed by atoms with Crippen LogP contribution in [0.15, 0.2) is 101 Å². The second-order valence-electron chi connectivity index (χ2n) is 7.49. The summed E-state index contributed by atoms with van der Waals surface area (Å²) in [5.41, 5.74) is -1.64. The van der Waals surface area contributed by atoms with Gasteiger partial charge in [-0.25, -0.2) is 22.0 Å². The Hall–Kier alpha value is -3.47. The summed E-state index contributed by atoms with van der Waals surface area (Å²) in [4.78, 5) is 1.78. The van der Waals surface area contributed by atoms with Gasteiger partial charge in [-0.15, -0.1) is 0 Å². The lowest BCUT2D eigenvalue weighted by atomic mass is 9.79. The van der Waals surface area contributed by atoms with Gasteiger partial charge in [0.05, 0.1) is 0 Å². The van der Waals surface area contributed by atoms with Crippen LogP contribution < -0.4 is 5.46 Å². The molecule has 4 aromatic rings. The third kappa shape index (κ3) is 5.84. The molecule has 0 aliphatic heterocycles. The summed E-state index contributed by atoms with van der Waals surface area (Å²) in [5, 5.41) is 0. The van der Waals surface area contributed by atoms with Crippen LogP contribution in [0.5, 0.6) is 0 Å². The van der Waals surface area contributed by atoms with E-state index in [2.05, 4.69) is 0 Å². The predicted octanol–water partition coefficient (Wildman–Crippen LogP) is 7.24. The van der Waals surface area contributed by atoms with Crippen molar-refractivity contribution in [1.29, 1.82) is 0 Å². The highest BCUT2D eigenvalue weighted by Gasteiger charge is 2.38. The van der Waals surface area contributed by atoms with Crippen LogP contribution in [0.25, 0.3) is 0 Å². The van der Waals surface area contributed by atoms with Crippen LogP contribution >= 0.6 is 0 Å². The van der Waals surface area contributed by atoms with E-state index >= 15 is 0 Å². The number of halogens is 8. The largest absolute Gasteiger partial charge is 0.515 e. The van der Waals surface area contributed by atoms with Crippen LogP contribution in [-0.4, -0.2) is 6.98 Å². The van der Waals surface area contributed by atoms with Crippen LogP contribution in [-0.2, 0) is 19.9 Å². The molecule has 1 nitrogen and oxygen atoms in total. The van der Waals surface area contributed by atoms with Crippen molar-refractivity contribution in [2.24, 2.45) is 0 Å². The van der Waals surface area contributed by atoms with Gasteiger partial charge in [0.15, 0.2) is 37.2 Å². The van der Waals surface area contributed by atoms with E-state index in [1.54, 1.807) is 0 Å². The first-order valence-corrected chi connectivity index (χ1v) is 12.1. The SMILES string of the molecule is Fc1c(F)c(F)c([B-](F)(F)F)c(F)c1F.O=[S+](Cc1ccccc1)(c1ccccc1)c1ccccc1. The average molecular weight is 528 g/mol. The van der Waals surface area contributed by atoms with E-state index in [-0.39, 0.29) is 0 Å². The van der Waals surface area contributed by atoms with Crippen molar-refractivity contribution in [2.45, 2.75) is 15.5 Å². The molecule has 4 aromatic carbocycles. The third-order valence-corrected chi connectivity index (χ3v) is 7.84. The predicted molar refractivity (Wildman–Crippen MR) is 123 cm³/mol. The highest BCUT2D eigenvalue weighted by molar-refractivity contribution is 8.02. The molecule has 0 aliphatic rings. The Balaban J connectivity index is 0.000000214. The first-order valence-electron chi connectivity index (χ1n) is 10.3. The Bertz CT molecular complexity index is 1290. The van der Waals surface area contributed by atoms with Crippen molar-refractivity contribution in [1.82, 2.24) is 0 Å². The topological polar surface area (TPSA) is 17.1 Å². The van der Waals surface area contributed by atoms with E-state index in [4.69, 9.17) is 0 Å². The minimum Gasteiger partial charge on any atom is -0.445 e. The lowest BCUT2D eigenvalue weighted by Gasteiger charge is -2.17. The van der Waals surface area contributed by atoms with E-state index in [0.717, 1.165) is 15.4 Å². The van der Waals surface area contributed by atoms with Gasteiger partial charge in [0, 0.05) is 5.56 Å². The molecule has 0 atom stereocenters. The van der Waals surface area contributed by atoms with Gasteiger partial charge in [-0.05, 0) is 29.7 Å². The van der Waals surface area contributed by atoms with Crippen LogP contribution in [0.4, 0.5) is 34.9 Å². The second-order valence-corrected chi connectivity index (χ2v) is 10.1. The molecule has 0 saturated carbocycles. The molecule has 0 spiro atoms. The minimum absolute atomic E-state index is 0.530. The molecule has 0 heterocycles. The van der Waals surface area contributed by atoms with Crippen molar-refractivity contribution in [3.8, 4) is 0 Å². The molecule has 0 fully saturated rings. The molecule has 0 amide bonds. The fraction of sp³-hybridized carbons (Fsp3) is 0.0400. The molecule has 11 heteroatoms. The maximum atomic E-state index is 13.8. The van der Waals surface area contributed by atoms with Crippen LogP contribution in [0.1, 0.15) is 5.56 Å². The summed E-state index contributed by atoms with van der Waals surface area (Å²) < 4.78 is 111. The van der Waals surface area contributed by atoms with Crippen molar-refractivity contribution in [2.75, 3.05) is 0 Å². The Morgan fingerprint density at radius 2 is 0.861 bits per heavy atom. The van der Waals surface area contributed by atoms with Crippen molar-refractivity contribution in [3.05, 3.63) is 126 Å². The van der Waals surface area contributed by atoms with E-state index in [1.807, 2.05) is 91.0 Å². The Labute approximate surface area is 202 Å². The van der Waals surface area contributed by atoms with Crippen LogP contribution in [0.2, 0.25) is 0 Å². The van der Waals surface area contributed by atoms with Crippen molar-refractivity contribution in [3.63, 3.8) is 0 Å². The number of rotatable bonds is 5. The molecule has 36 heavy (non-hydrogen) atoms. The molecule has 0 N–H and O–H groups in total. The summed E-state index contributed by atoms with van der Waals surface area (Å²) in [6.45, 7) is -6.30. The molecular formula is C25H17BF8OS. The lowest BCUT2D eigenvalue weighted by Crippen LogP contribution is -2.41. The van der Waals surface area contributed by atoms with Gasteiger partial charge in [0.1, 0.15) is 17.4 Å². The highest BCUT2D eigenvalue weighted by atomic mass is 32.2. The van der Waals surface area contributed by atoms with Gasteiger partial charge in [-0.3, -0.25) is 0 Å². The van der Waals surface area contributed by atoms with Gasteiger partial charge in [0.25, 0.3) is 0 Å². The first kappa shape index (κ1) is 27.1. The normalized spacial score (nSPS) is 11.6. The quantitative estimate of drug-likeness (QED) is 0.0878. The lowest BCUT2D eigenvalue weighted by molar-refractivity contribution is 0.377. The Morgan fingerprint density at radius 3 is 1.22 bits per heavy atom. The molecule has 0 aliphatic carbocycles. The summed E-state index contributed by atoms with van der Waals surface area (Å²) >= 11 is 0. The Morgan fingerprint density at radius 1 is 0.528 bits per heavy atom. The molecule has 0 unspecified atom stereocenters. The van der Waals surface area contributed by atoms with E-state index < -0.39 is 51.5 Å². The maximum Gasteiger partial charge on any atom is 0.515 e. The summed E-state index contributed by atoms with van der Waals surface area (Å²) in [7, 11) is -2.30. The number of hydrogen-bond acceptors (Lipinski definition) is 1. The molecule has 0 saturated heterocycles. The molecule has 0 aromatic heterocycles. The van der Waals surface area contributed by atoms with Gasteiger partial charge in [-0.1, -0.05) is 70.9 Å². The zero-order valence-electron chi connectivity index (χ0n) is 18.3. The smallest absolute Gasteiger partial charge is 0.445 e. The van der Waals surface area contributed by atoms with E-state index in [9.17, 15) is 39.1 Å². The van der Waals surface area contributed by atoms with Gasteiger partial charge >= 0.3 is 6.98 Å². The van der Waals surface area contributed by atoms with Gasteiger partial charge in [-0.2, -0.15) is 0 Å². The third-order valence-electron chi connectivity index (χ3n) is 5.03. The molecule has 4 rings (SSSR count). The highest BCUT2D eigenvalue weighted by Crippen LogP contribution is 2.32. The molecular weight excluding hydrogens is 511 g/mol. The Kier molecular flexibility index (Phi) is 8.34. The molecule has 0 bridgehead atoms. The zero-order chi connectivity index (χ0) is 26.5. The van der Waals surface area contributed by atoms with E-state index in [0.29, 0.717) is 5.75 Å². The fourth-order valence-corrected chi connectivity index (χ4v) is 5.76. The number of hydrogen-bond donors (Lipinski definition) is 0. The number of benzene rings is 4. The summed E-state index contributed by atoms with van der Waals surface area (Å²) in [6.07, 6.45) is 0. The molecule has 0 radical (unpaired) electrons. The zero-order valence-corrected chi connectivity index (χ0v) is 19.1. The second kappa shape index (κ2) is 11.1. The van der Waals surface area contributed by atoms with Crippen molar-refractivity contribution >= 4 is 22.4 Å². The van der Waals surface area contributed by atoms with Gasteiger partial charge in [0.2, 0.25) is 0 Å². The first-order chi connectivity index (χ1) is 17.0. The van der Waals surface area contributed by atoms with Crippen LogP contribution in [0, 0.1) is 29.1 Å². The summed E-state index contributed by atoms with van der Waals surface area (Å²) in [6, 6.07) is 29.6. The standard InChI is InChI=1S/C19H17OS.C6BF8/c20-21(18-12-6-2-7-13-18,19-14-8-3-9-15-19)16-17-10-4-1-5-11-17;8-2-1(7(13,14)15)3(9)5(11)6(12)4(2)10/h1-15H,16H2;/q+1;-1. The molecule has 188 valence electrons. The van der Waals surface area contributed by atoms with Crippen molar-refractivity contribution < 1.29 is 39.1 Å². The van der Waals surface area contributed by atoms with Gasteiger partial charge < -0.3 is 12.9 Å². The fourth-order valence-electron chi connectivity index (χ4n) is 3.30. The monoisotopic (exact) mass is 528 g/mol. The van der Waals surface area contributed by atoms with E-state index in [1.165, 1.54) is 0 Å².